The zero-order valence-corrected chi connectivity index (χ0v) is 15.1. The fourth-order valence-corrected chi connectivity index (χ4v) is 3.49. The summed E-state index contributed by atoms with van der Waals surface area (Å²) in [5.74, 6) is -0.371. The van der Waals surface area contributed by atoms with Crippen molar-refractivity contribution < 1.29 is 19.0 Å². The summed E-state index contributed by atoms with van der Waals surface area (Å²) in [5, 5.41) is 12.5. The Kier molecular flexibility index (Phi) is 4.93. The third-order valence-corrected chi connectivity index (χ3v) is 4.95. The number of hydrogen-bond donors (Lipinski definition) is 2. The molecule has 0 aliphatic carbocycles. The first kappa shape index (κ1) is 18.0. The van der Waals surface area contributed by atoms with Crippen LogP contribution in [0, 0.1) is 5.82 Å². The molecule has 2 aromatic carbocycles. The number of nitrogens with one attached hydrogen (secondary N) is 1. The molecule has 1 atom stereocenters. The molecule has 0 unspecified atom stereocenters. The number of aromatic nitrogens is 1. The highest BCUT2D eigenvalue weighted by Crippen LogP contribution is 2.37. The van der Waals surface area contributed by atoms with Gasteiger partial charge in [0.05, 0.1) is 24.1 Å². The molecule has 3 aromatic rings. The third-order valence-electron chi connectivity index (χ3n) is 4.95. The highest BCUT2D eigenvalue weighted by molar-refractivity contribution is 5.93. The van der Waals surface area contributed by atoms with Crippen LogP contribution in [0.3, 0.4) is 0 Å². The lowest BCUT2D eigenvalue weighted by Gasteiger charge is -2.27. The number of aromatic carboxylic acids is 1. The van der Waals surface area contributed by atoms with Crippen LogP contribution in [0.15, 0.2) is 60.9 Å². The number of fused-ring (bicyclic) bond motifs is 1. The smallest absolute Gasteiger partial charge is 0.337 e. The Morgan fingerprint density at radius 3 is 2.93 bits per heavy atom. The van der Waals surface area contributed by atoms with Crippen LogP contribution in [0.5, 0.6) is 5.75 Å². The number of ether oxygens (including phenoxy) is 1. The average molecular weight is 378 g/mol. The normalized spacial score (nSPS) is 15.4. The molecule has 6 heteroatoms. The minimum Gasteiger partial charge on any atom is -0.493 e. The predicted octanol–water partition coefficient (Wildman–Crippen LogP) is 4.56. The Labute approximate surface area is 161 Å². The van der Waals surface area contributed by atoms with E-state index in [-0.39, 0.29) is 17.3 Å². The van der Waals surface area contributed by atoms with Gasteiger partial charge in [-0.25, -0.2) is 9.18 Å². The van der Waals surface area contributed by atoms with Crippen molar-refractivity contribution in [2.24, 2.45) is 0 Å². The SMILES string of the molecule is O=C(O)c1ccncc1NC[C@@H]1CCOc2cc(-c3ccccc3F)ccc21. The number of anilines is 1. The van der Waals surface area contributed by atoms with Gasteiger partial charge in [-0.2, -0.15) is 0 Å². The maximum atomic E-state index is 14.1. The van der Waals surface area contributed by atoms with Crippen molar-refractivity contribution in [2.45, 2.75) is 12.3 Å². The molecule has 0 spiro atoms. The van der Waals surface area contributed by atoms with Gasteiger partial charge in [-0.3, -0.25) is 4.98 Å². The van der Waals surface area contributed by atoms with E-state index in [1.165, 1.54) is 24.5 Å². The second-order valence-electron chi connectivity index (χ2n) is 6.67. The summed E-state index contributed by atoms with van der Waals surface area (Å²) in [6.45, 7) is 1.11. The number of rotatable bonds is 5. The molecule has 142 valence electrons. The molecule has 0 amide bonds. The average Bonchev–Trinajstić information content (AvgIpc) is 2.72. The maximum Gasteiger partial charge on any atom is 0.337 e. The molecule has 0 saturated carbocycles. The van der Waals surface area contributed by atoms with Crippen molar-refractivity contribution in [2.75, 3.05) is 18.5 Å². The third kappa shape index (κ3) is 3.53. The molecule has 0 radical (unpaired) electrons. The van der Waals surface area contributed by atoms with Crippen LogP contribution in [-0.2, 0) is 0 Å². The minimum absolute atomic E-state index is 0.153. The fraction of sp³-hybridized carbons (Fsp3) is 0.182. The van der Waals surface area contributed by atoms with E-state index < -0.39 is 5.97 Å². The Morgan fingerprint density at radius 2 is 2.11 bits per heavy atom. The Balaban J connectivity index is 1.57. The molecule has 0 saturated heterocycles. The summed E-state index contributed by atoms with van der Waals surface area (Å²) in [7, 11) is 0. The van der Waals surface area contributed by atoms with Gasteiger partial charge in [-0.1, -0.05) is 30.3 Å². The van der Waals surface area contributed by atoms with Crippen molar-refractivity contribution in [1.82, 2.24) is 4.98 Å². The van der Waals surface area contributed by atoms with Gasteiger partial charge >= 0.3 is 5.97 Å². The lowest BCUT2D eigenvalue weighted by Crippen LogP contribution is -2.21. The minimum atomic E-state index is -0.994. The topological polar surface area (TPSA) is 71.5 Å². The summed E-state index contributed by atoms with van der Waals surface area (Å²) in [5.41, 5.74) is 3.02. The molecule has 1 aromatic heterocycles. The second kappa shape index (κ2) is 7.68. The molecule has 0 bridgehead atoms. The highest BCUT2D eigenvalue weighted by Gasteiger charge is 2.23. The largest absolute Gasteiger partial charge is 0.493 e. The van der Waals surface area contributed by atoms with Crippen molar-refractivity contribution in [3.63, 3.8) is 0 Å². The van der Waals surface area contributed by atoms with Crippen LogP contribution in [0.25, 0.3) is 11.1 Å². The van der Waals surface area contributed by atoms with Gasteiger partial charge < -0.3 is 15.2 Å². The van der Waals surface area contributed by atoms with Gasteiger partial charge in [0.1, 0.15) is 11.6 Å². The molecule has 5 nitrogen and oxygen atoms in total. The zero-order chi connectivity index (χ0) is 19.5. The van der Waals surface area contributed by atoms with E-state index in [1.54, 1.807) is 18.2 Å². The Bertz CT molecular complexity index is 1020. The lowest BCUT2D eigenvalue weighted by molar-refractivity contribution is 0.0697. The van der Waals surface area contributed by atoms with Crippen molar-refractivity contribution in [3.05, 3.63) is 77.9 Å². The lowest BCUT2D eigenvalue weighted by atomic mass is 9.91. The molecule has 0 fully saturated rings. The number of benzene rings is 2. The first-order valence-corrected chi connectivity index (χ1v) is 9.06. The van der Waals surface area contributed by atoms with Gasteiger partial charge in [0.15, 0.2) is 0 Å². The Morgan fingerprint density at radius 1 is 1.25 bits per heavy atom. The number of carboxylic acids is 1. The van der Waals surface area contributed by atoms with Crippen molar-refractivity contribution >= 4 is 11.7 Å². The summed E-state index contributed by atoms with van der Waals surface area (Å²) >= 11 is 0. The van der Waals surface area contributed by atoms with E-state index in [2.05, 4.69) is 10.3 Å². The van der Waals surface area contributed by atoms with E-state index in [1.807, 2.05) is 18.2 Å². The van der Waals surface area contributed by atoms with Crippen LogP contribution in [0.1, 0.15) is 28.3 Å². The first-order chi connectivity index (χ1) is 13.6. The summed E-state index contributed by atoms with van der Waals surface area (Å²) in [6, 6.07) is 13.9. The highest BCUT2D eigenvalue weighted by atomic mass is 19.1. The van der Waals surface area contributed by atoms with Gasteiger partial charge in [0.2, 0.25) is 0 Å². The second-order valence-corrected chi connectivity index (χ2v) is 6.67. The van der Waals surface area contributed by atoms with E-state index >= 15 is 0 Å². The number of hydrogen-bond acceptors (Lipinski definition) is 4. The molecule has 4 rings (SSSR count). The number of pyridine rings is 1. The van der Waals surface area contributed by atoms with Gasteiger partial charge in [0.25, 0.3) is 0 Å². The zero-order valence-electron chi connectivity index (χ0n) is 15.1. The standard InChI is InChI=1S/C22H19FN2O3/c23-19-4-2-1-3-16(19)14-5-6-17-15(8-10-28-21(17)11-14)12-25-20-13-24-9-7-18(20)22(26)27/h1-7,9,11,13,15,25H,8,10,12H2,(H,26,27)/t15-/m0/s1. The molecular weight excluding hydrogens is 359 g/mol. The number of carbonyl (C=O) groups is 1. The predicted molar refractivity (Wildman–Crippen MR) is 104 cm³/mol. The summed E-state index contributed by atoms with van der Waals surface area (Å²) in [4.78, 5) is 15.4. The molecule has 2 heterocycles. The van der Waals surface area contributed by atoms with E-state index in [0.29, 0.717) is 24.4 Å². The van der Waals surface area contributed by atoms with E-state index in [4.69, 9.17) is 4.74 Å². The van der Waals surface area contributed by atoms with Crippen molar-refractivity contribution in [1.29, 1.82) is 0 Å². The van der Waals surface area contributed by atoms with Crippen LogP contribution in [0.4, 0.5) is 10.1 Å². The molecule has 2 N–H and O–H groups in total. The molecular formula is C22H19FN2O3. The monoisotopic (exact) mass is 378 g/mol. The number of nitrogens with zero attached hydrogens (tertiary/aromatic N) is 1. The first-order valence-electron chi connectivity index (χ1n) is 9.06. The van der Waals surface area contributed by atoms with Crippen LogP contribution in [0.2, 0.25) is 0 Å². The molecule has 1 aliphatic rings. The van der Waals surface area contributed by atoms with Crippen LogP contribution < -0.4 is 10.1 Å². The summed E-state index contributed by atoms with van der Waals surface area (Å²) in [6.07, 6.45) is 3.79. The molecule has 28 heavy (non-hydrogen) atoms. The van der Waals surface area contributed by atoms with E-state index in [9.17, 15) is 14.3 Å². The fourth-order valence-electron chi connectivity index (χ4n) is 3.49. The number of carboxylic acid groups (broad SMARTS) is 1. The van der Waals surface area contributed by atoms with Gasteiger partial charge in [-0.05, 0) is 35.7 Å². The van der Waals surface area contributed by atoms with Crippen LogP contribution >= 0.6 is 0 Å². The van der Waals surface area contributed by atoms with Gasteiger partial charge in [0, 0.05) is 24.2 Å². The number of halogens is 1. The Hall–Kier alpha value is -3.41. The quantitative estimate of drug-likeness (QED) is 0.681. The van der Waals surface area contributed by atoms with Gasteiger partial charge in [-0.15, -0.1) is 0 Å². The summed E-state index contributed by atoms with van der Waals surface area (Å²) < 4.78 is 19.9. The van der Waals surface area contributed by atoms with E-state index in [0.717, 1.165) is 23.3 Å². The molecule has 1 aliphatic heterocycles. The van der Waals surface area contributed by atoms with Crippen LogP contribution in [-0.4, -0.2) is 29.2 Å². The maximum absolute atomic E-state index is 14.1. The van der Waals surface area contributed by atoms with Crippen molar-refractivity contribution in [3.8, 4) is 16.9 Å².